The predicted octanol–water partition coefficient (Wildman–Crippen LogP) is 3.21. The molecule has 4 rings (SSSR count). The quantitative estimate of drug-likeness (QED) is 0.413. The molecule has 7 nitrogen and oxygen atoms in total. The summed E-state index contributed by atoms with van der Waals surface area (Å²) in [5.74, 6) is 0.336. The smallest absolute Gasteiger partial charge is 0.240 e. The summed E-state index contributed by atoms with van der Waals surface area (Å²) in [5, 5.41) is 6.32. The normalized spacial score (nSPS) is 18.8. The van der Waals surface area contributed by atoms with E-state index in [4.69, 9.17) is 4.74 Å². The first-order chi connectivity index (χ1) is 17.4. The van der Waals surface area contributed by atoms with Crippen molar-refractivity contribution in [3.63, 3.8) is 0 Å². The molecule has 190 valence electrons. The highest BCUT2D eigenvalue weighted by atomic mass is 32.2. The first-order valence-electron chi connectivity index (χ1n) is 12.1. The summed E-state index contributed by atoms with van der Waals surface area (Å²) in [5.41, 5.74) is 3.18. The van der Waals surface area contributed by atoms with Crippen LogP contribution in [0.1, 0.15) is 29.0 Å². The van der Waals surface area contributed by atoms with Crippen LogP contribution >= 0.6 is 0 Å². The standard InChI is InChI=1S/C28H33N3O4S/c1-20-8-14-26(15-9-20)36(33,34)31-24-16-23(17-29-18-24)28(32)30-19-27(21-6-4-3-5-7-21)22-10-12-25(35-2)13-11-22/h3-15,23-24,27,29,31H,16-19H2,1-2H3,(H,30,32)/t23-,24-,27?/m0/s1. The third kappa shape index (κ3) is 6.51. The van der Waals surface area contributed by atoms with Crippen LogP contribution in [0.4, 0.5) is 0 Å². The number of aryl methyl sites for hydroxylation is 1. The van der Waals surface area contributed by atoms with Gasteiger partial charge in [-0.3, -0.25) is 4.79 Å². The van der Waals surface area contributed by atoms with Crippen LogP contribution in [-0.2, 0) is 14.8 Å². The van der Waals surface area contributed by atoms with Crippen molar-refractivity contribution < 1.29 is 17.9 Å². The van der Waals surface area contributed by atoms with Gasteiger partial charge in [0.05, 0.1) is 17.9 Å². The molecule has 0 bridgehead atoms. The van der Waals surface area contributed by atoms with Crippen molar-refractivity contribution in [3.05, 3.63) is 95.6 Å². The third-order valence-corrected chi connectivity index (χ3v) is 8.11. The molecule has 0 radical (unpaired) electrons. The van der Waals surface area contributed by atoms with Crippen molar-refractivity contribution in [2.24, 2.45) is 5.92 Å². The van der Waals surface area contributed by atoms with E-state index in [1.54, 1.807) is 31.4 Å². The van der Waals surface area contributed by atoms with E-state index in [0.717, 1.165) is 22.4 Å². The number of carbonyl (C=O) groups excluding carboxylic acids is 1. The summed E-state index contributed by atoms with van der Waals surface area (Å²) in [4.78, 5) is 13.4. The van der Waals surface area contributed by atoms with E-state index >= 15 is 0 Å². The molecule has 3 aromatic carbocycles. The van der Waals surface area contributed by atoms with Crippen LogP contribution in [0.2, 0.25) is 0 Å². The van der Waals surface area contributed by atoms with Crippen LogP contribution in [0.5, 0.6) is 5.75 Å². The van der Waals surface area contributed by atoms with Crippen molar-refractivity contribution in [2.45, 2.75) is 30.2 Å². The Kier molecular flexibility index (Phi) is 8.40. The summed E-state index contributed by atoms with van der Waals surface area (Å²) < 4.78 is 33.7. The van der Waals surface area contributed by atoms with Gasteiger partial charge in [0.1, 0.15) is 5.75 Å². The Labute approximate surface area is 213 Å². The fourth-order valence-corrected chi connectivity index (χ4v) is 5.78. The molecule has 3 aromatic rings. The molecule has 1 aliphatic heterocycles. The Morgan fingerprint density at radius 2 is 1.64 bits per heavy atom. The first kappa shape index (κ1) is 25.9. The highest BCUT2D eigenvalue weighted by Crippen LogP contribution is 2.26. The van der Waals surface area contributed by atoms with Crippen LogP contribution in [-0.4, -0.2) is 47.1 Å². The number of piperidine rings is 1. The lowest BCUT2D eigenvalue weighted by molar-refractivity contribution is -0.125. The second-order valence-corrected chi connectivity index (χ2v) is 10.9. The Morgan fingerprint density at radius 1 is 0.972 bits per heavy atom. The molecule has 0 saturated carbocycles. The van der Waals surface area contributed by atoms with Crippen LogP contribution in [0, 0.1) is 12.8 Å². The summed E-state index contributed by atoms with van der Waals surface area (Å²) >= 11 is 0. The number of hydrogen-bond donors (Lipinski definition) is 3. The van der Waals surface area contributed by atoms with Gasteiger partial charge < -0.3 is 15.4 Å². The van der Waals surface area contributed by atoms with E-state index in [0.29, 0.717) is 26.1 Å². The molecule has 3 N–H and O–H groups in total. The van der Waals surface area contributed by atoms with Crippen molar-refractivity contribution >= 4 is 15.9 Å². The molecule has 1 aliphatic rings. The number of benzene rings is 3. The lowest BCUT2D eigenvalue weighted by Crippen LogP contribution is -2.52. The molecule has 1 unspecified atom stereocenters. The van der Waals surface area contributed by atoms with Gasteiger partial charge in [-0.05, 0) is 48.7 Å². The Bertz CT molecular complexity index is 1250. The average molecular weight is 508 g/mol. The lowest BCUT2D eigenvalue weighted by atomic mass is 9.90. The van der Waals surface area contributed by atoms with E-state index in [9.17, 15) is 13.2 Å². The molecular weight excluding hydrogens is 474 g/mol. The van der Waals surface area contributed by atoms with E-state index < -0.39 is 10.0 Å². The van der Waals surface area contributed by atoms with Gasteiger partial charge in [0.25, 0.3) is 0 Å². The summed E-state index contributed by atoms with van der Waals surface area (Å²) in [6, 6.07) is 24.3. The highest BCUT2D eigenvalue weighted by Gasteiger charge is 2.30. The number of carbonyl (C=O) groups is 1. The average Bonchev–Trinajstić information content (AvgIpc) is 2.90. The minimum atomic E-state index is -3.66. The molecule has 1 saturated heterocycles. The van der Waals surface area contributed by atoms with Gasteiger partial charge in [-0.2, -0.15) is 0 Å². The Morgan fingerprint density at radius 3 is 2.31 bits per heavy atom. The molecule has 0 aromatic heterocycles. The van der Waals surface area contributed by atoms with Crippen molar-refractivity contribution in [1.29, 1.82) is 0 Å². The number of rotatable bonds is 9. The zero-order valence-electron chi connectivity index (χ0n) is 20.6. The number of amides is 1. The fourth-order valence-electron chi connectivity index (χ4n) is 4.53. The van der Waals surface area contributed by atoms with Crippen molar-refractivity contribution in [3.8, 4) is 5.75 Å². The van der Waals surface area contributed by atoms with Gasteiger partial charge in [0.15, 0.2) is 0 Å². The second-order valence-electron chi connectivity index (χ2n) is 9.20. The number of nitrogens with one attached hydrogen (secondary N) is 3. The maximum atomic E-state index is 13.1. The SMILES string of the molecule is COc1ccc(C(CNC(=O)[C@@H]2CNC[C@@H](NS(=O)(=O)c3ccc(C)cc3)C2)c2ccccc2)cc1. The molecule has 1 heterocycles. The fraction of sp³-hybridized carbons (Fsp3) is 0.321. The number of hydrogen-bond acceptors (Lipinski definition) is 5. The summed E-state index contributed by atoms with van der Waals surface area (Å²) in [7, 11) is -2.03. The van der Waals surface area contributed by atoms with E-state index in [1.807, 2.05) is 49.4 Å². The van der Waals surface area contributed by atoms with E-state index in [1.165, 1.54) is 0 Å². The Hall–Kier alpha value is -3.20. The van der Waals surface area contributed by atoms with Crippen LogP contribution in [0.3, 0.4) is 0 Å². The monoisotopic (exact) mass is 507 g/mol. The molecule has 1 amide bonds. The molecule has 8 heteroatoms. The van der Waals surface area contributed by atoms with Crippen LogP contribution < -0.4 is 20.1 Å². The van der Waals surface area contributed by atoms with Gasteiger partial charge in [0.2, 0.25) is 15.9 Å². The maximum absolute atomic E-state index is 13.1. The van der Waals surface area contributed by atoms with Gasteiger partial charge in [-0.1, -0.05) is 60.2 Å². The van der Waals surface area contributed by atoms with Gasteiger partial charge in [-0.15, -0.1) is 0 Å². The second kappa shape index (κ2) is 11.7. The largest absolute Gasteiger partial charge is 0.497 e. The topological polar surface area (TPSA) is 96.5 Å². The zero-order chi connectivity index (χ0) is 25.5. The maximum Gasteiger partial charge on any atom is 0.240 e. The van der Waals surface area contributed by atoms with Gasteiger partial charge in [0, 0.05) is 31.6 Å². The predicted molar refractivity (Wildman–Crippen MR) is 141 cm³/mol. The van der Waals surface area contributed by atoms with Gasteiger partial charge in [-0.25, -0.2) is 13.1 Å². The van der Waals surface area contributed by atoms with Crippen LogP contribution in [0.25, 0.3) is 0 Å². The zero-order valence-corrected chi connectivity index (χ0v) is 21.4. The lowest BCUT2D eigenvalue weighted by Gasteiger charge is -2.30. The molecule has 3 atom stereocenters. The number of ether oxygens (including phenoxy) is 1. The molecular formula is C28H33N3O4S. The number of methoxy groups -OCH3 is 1. The minimum Gasteiger partial charge on any atom is -0.497 e. The highest BCUT2D eigenvalue weighted by molar-refractivity contribution is 7.89. The molecule has 0 spiro atoms. The van der Waals surface area contributed by atoms with E-state index in [2.05, 4.69) is 27.5 Å². The summed E-state index contributed by atoms with van der Waals surface area (Å²) in [6.07, 6.45) is 0.433. The van der Waals surface area contributed by atoms with Gasteiger partial charge >= 0.3 is 0 Å². The Balaban J connectivity index is 1.40. The van der Waals surface area contributed by atoms with Crippen LogP contribution in [0.15, 0.2) is 83.8 Å². The van der Waals surface area contributed by atoms with Crippen molar-refractivity contribution in [1.82, 2.24) is 15.4 Å². The number of sulfonamides is 1. The van der Waals surface area contributed by atoms with Crippen molar-refractivity contribution in [2.75, 3.05) is 26.7 Å². The third-order valence-electron chi connectivity index (χ3n) is 6.57. The summed E-state index contributed by atoms with van der Waals surface area (Å²) in [6.45, 7) is 3.33. The van der Waals surface area contributed by atoms with E-state index in [-0.39, 0.29) is 28.7 Å². The molecule has 1 fully saturated rings. The minimum absolute atomic E-state index is 0.0200. The molecule has 36 heavy (non-hydrogen) atoms. The molecule has 0 aliphatic carbocycles. The first-order valence-corrected chi connectivity index (χ1v) is 13.6.